The molecular weight excluding hydrogens is 164 g/mol. The predicted octanol–water partition coefficient (Wildman–Crippen LogP) is -1.67. The molecule has 5 heteroatoms. The van der Waals surface area contributed by atoms with Crippen LogP contribution in [0.25, 0.3) is 0 Å². The van der Waals surface area contributed by atoms with E-state index in [0.717, 1.165) is 0 Å². The summed E-state index contributed by atoms with van der Waals surface area (Å²) in [4.78, 5) is 0. The van der Waals surface area contributed by atoms with Crippen LogP contribution in [0.1, 0.15) is 13.8 Å². The summed E-state index contributed by atoms with van der Waals surface area (Å²) in [6, 6.07) is 0. The molecule has 0 fully saturated rings. The minimum Gasteiger partial charge on any atom is -0.394 e. The van der Waals surface area contributed by atoms with E-state index in [0.29, 0.717) is 0 Å². The van der Waals surface area contributed by atoms with E-state index in [-0.39, 0.29) is 32.5 Å². The summed E-state index contributed by atoms with van der Waals surface area (Å²) in [5, 5.41) is 38.6. The highest BCUT2D eigenvalue weighted by Crippen LogP contribution is 1.65. The second-order valence-corrected chi connectivity index (χ2v) is 1.99. The molecule has 0 heterocycles. The van der Waals surface area contributed by atoms with Gasteiger partial charge < -0.3 is 25.5 Å². The number of aliphatic hydroxyl groups is 5. The van der Waals surface area contributed by atoms with Gasteiger partial charge in [0.05, 0.1) is 26.4 Å². The maximum absolute atomic E-state index is 8.06. The fourth-order valence-electron chi connectivity index (χ4n) is 0. The molecular formula is C7H20O5. The van der Waals surface area contributed by atoms with Gasteiger partial charge in [-0.1, -0.05) is 0 Å². The van der Waals surface area contributed by atoms with Gasteiger partial charge in [-0.05, 0) is 13.8 Å². The van der Waals surface area contributed by atoms with Crippen molar-refractivity contribution in [1.29, 1.82) is 0 Å². The molecule has 0 aromatic rings. The molecule has 78 valence electrons. The summed E-state index contributed by atoms with van der Waals surface area (Å²) in [6.07, 6.45) is -0.167. The van der Waals surface area contributed by atoms with Crippen LogP contribution in [0.2, 0.25) is 0 Å². The molecule has 5 N–H and O–H groups in total. The van der Waals surface area contributed by atoms with Gasteiger partial charge in [0.1, 0.15) is 0 Å². The van der Waals surface area contributed by atoms with Gasteiger partial charge >= 0.3 is 0 Å². The summed E-state index contributed by atoms with van der Waals surface area (Å²) in [5.74, 6) is 0. The fraction of sp³-hybridized carbons (Fsp3) is 1.00. The van der Waals surface area contributed by atoms with Crippen molar-refractivity contribution in [2.45, 2.75) is 20.0 Å². The molecule has 0 rings (SSSR count). The zero-order valence-corrected chi connectivity index (χ0v) is 7.64. The summed E-state index contributed by atoms with van der Waals surface area (Å²) >= 11 is 0. The Morgan fingerprint density at radius 3 is 0.833 bits per heavy atom. The molecule has 0 bridgehead atoms. The second kappa shape index (κ2) is 22.4. The fourth-order valence-corrected chi connectivity index (χ4v) is 0. The van der Waals surface area contributed by atoms with Gasteiger partial charge in [0.25, 0.3) is 0 Å². The zero-order valence-electron chi connectivity index (χ0n) is 7.64. The van der Waals surface area contributed by atoms with Gasteiger partial charge in [-0.15, -0.1) is 0 Å². The predicted molar refractivity (Wildman–Crippen MR) is 45.7 cm³/mol. The summed E-state index contributed by atoms with van der Waals surface area (Å²) in [5.41, 5.74) is 0. The SMILES string of the molecule is CC(C)O.OCCO.OCCO. The number of rotatable bonds is 2. The van der Waals surface area contributed by atoms with Crippen molar-refractivity contribution >= 4 is 0 Å². The van der Waals surface area contributed by atoms with Crippen molar-refractivity contribution in [2.24, 2.45) is 0 Å². The van der Waals surface area contributed by atoms with Gasteiger partial charge in [0.2, 0.25) is 0 Å². The van der Waals surface area contributed by atoms with Crippen LogP contribution in [0.15, 0.2) is 0 Å². The molecule has 0 saturated heterocycles. The Kier molecular flexibility index (Phi) is 33.2. The molecule has 0 aliphatic carbocycles. The van der Waals surface area contributed by atoms with Crippen LogP contribution in [0.4, 0.5) is 0 Å². The van der Waals surface area contributed by atoms with Crippen molar-refractivity contribution in [2.75, 3.05) is 26.4 Å². The average Bonchev–Trinajstić information content (AvgIpc) is 2.03. The standard InChI is InChI=1S/C3H8O.2C2H6O2/c1-3(2)4;2*3-1-2-4/h3-4H,1-2H3;2*3-4H,1-2H2. The van der Waals surface area contributed by atoms with Crippen LogP contribution >= 0.6 is 0 Å². The van der Waals surface area contributed by atoms with Crippen LogP contribution < -0.4 is 0 Å². The van der Waals surface area contributed by atoms with Crippen molar-refractivity contribution in [3.8, 4) is 0 Å². The minimum atomic E-state index is -0.167. The lowest BCUT2D eigenvalue weighted by atomic mass is 10.5. The lowest BCUT2D eigenvalue weighted by molar-refractivity contribution is 0.186. The van der Waals surface area contributed by atoms with Gasteiger partial charge in [0, 0.05) is 6.10 Å². The van der Waals surface area contributed by atoms with Crippen molar-refractivity contribution < 1.29 is 25.5 Å². The summed E-state index contributed by atoms with van der Waals surface area (Å²) < 4.78 is 0. The lowest BCUT2D eigenvalue weighted by Gasteiger charge is -1.80. The maximum Gasteiger partial charge on any atom is 0.0662 e. The number of aliphatic hydroxyl groups excluding tert-OH is 5. The number of hydrogen-bond acceptors (Lipinski definition) is 5. The lowest BCUT2D eigenvalue weighted by Crippen LogP contribution is -1.85. The van der Waals surface area contributed by atoms with Crippen LogP contribution in [0.3, 0.4) is 0 Å². The van der Waals surface area contributed by atoms with Gasteiger partial charge in [-0.25, -0.2) is 0 Å². The van der Waals surface area contributed by atoms with E-state index in [4.69, 9.17) is 25.5 Å². The first kappa shape index (κ1) is 17.8. The molecule has 0 radical (unpaired) electrons. The highest BCUT2D eigenvalue weighted by Gasteiger charge is 1.69. The van der Waals surface area contributed by atoms with Crippen molar-refractivity contribution in [3.63, 3.8) is 0 Å². The van der Waals surface area contributed by atoms with E-state index in [2.05, 4.69) is 0 Å². The highest BCUT2D eigenvalue weighted by molar-refractivity contribution is 4.20. The Hall–Kier alpha value is -0.200. The van der Waals surface area contributed by atoms with E-state index in [1.165, 1.54) is 0 Å². The zero-order chi connectivity index (χ0) is 10.4. The third-order valence-corrected chi connectivity index (χ3v) is 0.200. The second-order valence-electron chi connectivity index (χ2n) is 1.99. The first-order valence-electron chi connectivity index (χ1n) is 3.68. The molecule has 0 saturated carbocycles. The molecule has 0 amide bonds. The third-order valence-electron chi connectivity index (χ3n) is 0.200. The normalized spacial score (nSPS) is 8.00. The molecule has 0 atom stereocenters. The van der Waals surface area contributed by atoms with E-state index in [1.54, 1.807) is 13.8 Å². The molecule has 0 aromatic heterocycles. The largest absolute Gasteiger partial charge is 0.394 e. The van der Waals surface area contributed by atoms with Gasteiger partial charge in [-0.3, -0.25) is 0 Å². The first-order valence-corrected chi connectivity index (χ1v) is 3.68. The quantitative estimate of drug-likeness (QED) is 0.353. The molecule has 5 nitrogen and oxygen atoms in total. The van der Waals surface area contributed by atoms with Crippen LogP contribution in [0, 0.1) is 0 Å². The van der Waals surface area contributed by atoms with E-state index in [9.17, 15) is 0 Å². The van der Waals surface area contributed by atoms with E-state index < -0.39 is 0 Å². The van der Waals surface area contributed by atoms with Crippen LogP contribution in [-0.4, -0.2) is 58.1 Å². The highest BCUT2D eigenvalue weighted by atomic mass is 16.3. The summed E-state index contributed by atoms with van der Waals surface area (Å²) in [7, 11) is 0. The molecule has 0 aliphatic rings. The summed E-state index contributed by atoms with van der Waals surface area (Å²) in [6.45, 7) is 2.94. The third kappa shape index (κ3) is 234. The first-order chi connectivity index (χ1) is 5.56. The molecule has 12 heavy (non-hydrogen) atoms. The van der Waals surface area contributed by atoms with E-state index >= 15 is 0 Å². The van der Waals surface area contributed by atoms with Gasteiger partial charge in [-0.2, -0.15) is 0 Å². The Labute approximate surface area is 72.9 Å². The van der Waals surface area contributed by atoms with Crippen molar-refractivity contribution in [3.05, 3.63) is 0 Å². The monoisotopic (exact) mass is 184 g/mol. The Morgan fingerprint density at radius 1 is 0.750 bits per heavy atom. The molecule has 0 spiro atoms. The Bertz CT molecular complexity index is 38.3. The molecule has 0 aromatic carbocycles. The molecule has 0 unspecified atom stereocenters. The molecule has 0 aliphatic heterocycles. The minimum absolute atomic E-state index is 0.125. The Morgan fingerprint density at radius 2 is 0.833 bits per heavy atom. The van der Waals surface area contributed by atoms with Crippen LogP contribution in [-0.2, 0) is 0 Å². The maximum atomic E-state index is 8.06. The average molecular weight is 184 g/mol. The van der Waals surface area contributed by atoms with Crippen molar-refractivity contribution in [1.82, 2.24) is 0 Å². The van der Waals surface area contributed by atoms with Gasteiger partial charge in [0.15, 0.2) is 0 Å². The number of hydrogen-bond donors (Lipinski definition) is 5. The topological polar surface area (TPSA) is 101 Å². The van der Waals surface area contributed by atoms with E-state index in [1.807, 2.05) is 0 Å². The van der Waals surface area contributed by atoms with Crippen LogP contribution in [0.5, 0.6) is 0 Å². The Balaban J connectivity index is -0.000000101. The smallest absolute Gasteiger partial charge is 0.0662 e.